The first-order valence-corrected chi connectivity index (χ1v) is 7.86. The van der Waals surface area contributed by atoms with Gasteiger partial charge >= 0.3 is 6.18 Å². The molecule has 146 valence electrons. The normalized spacial score (nSPS) is 11.3. The molecule has 0 aliphatic rings. The number of amides is 1. The van der Waals surface area contributed by atoms with Gasteiger partial charge in [0.25, 0.3) is 5.56 Å². The number of nitrogens with zero attached hydrogens (tertiary/aromatic N) is 2. The Morgan fingerprint density at radius 3 is 2.67 bits per heavy atom. The molecule has 2 aromatic rings. The van der Waals surface area contributed by atoms with E-state index < -0.39 is 17.3 Å². The van der Waals surface area contributed by atoms with Crippen LogP contribution in [0, 0.1) is 0 Å². The van der Waals surface area contributed by atoms with E-state index in [9.17, 15) is 22.8 Å². The number of ether oxygens (including phenoxy) is 2. The fourth-order valence-electron chi connectivity index (χ4n) is 2.30. The highest BCUT2D eigenvalue weighted by molar-refractivity contribution is 5.75. The maximum Gasteiger partial charge on any atom is 0.416 e. The first kappa shape index (κ1) is 20.4. The molecule has 2 rings (SSSR count). The van der Waals surface area contributed by atoms with Gasteiger partial charge in [-0.1, -0.05) is 0 Å². The zero-order chi connectivity index (χ0) is 20.0. The summed E-state index contributed by atoms with van der Waals surface area (Å²) in [6.45, 7) is -0.215. The van der Waals surface area contributed by atoms with Gasteiger partial charge in [-0.05, 0) is 18.2 Å². The summed E-state index contributed by atoms with van der Waals surface area (Å²) in [5, 5.41) is 2.44. The van der Waals surface area contributed by atoms with Crippen LogP contribution in [0.2, 0.25) is 0 Å². The quantitative estimate of drug-likeness (QED) is 0.738. The summed E-state index contributed by atoms with van der Waals surface area (Å²) in [6, 6.07) is 2.81. The summed E-state index contributed by atoms with van der Waals surface area (Å²) in [5.41, 5.74) is -1.22. The number of aryl methyl sites for hydroxylation is 1. The van der Waals surface area contributed by atoms with Crippen LogP contribution in [-0.2, 0) is 22.3 Å². The highest BCUT2D eigenvalue weighted by atomic mass is 19.4. The smallest absolute Gasteiger partial charge is 0.416 e. The number of hydrogen-bond donors (Lipinski definition) is 1. The molecule has 0 saturated heterocycles. The molecule has 0 fully saturated rings. The fraction of sp³-hybridized carbons (Fsp3) is 0.353. The molecule has 27 heavy (non-hydrogen) atoms. The standard InChI is InChI=1S/C17H18F3N3O4/c1-21-15(24)5-6-23-9-22-8-13(16(23)25)12-4-3-11(17(18,19)20)7-14(12)27-10-26-2/h3-4,7-9H,5-6,10H2,1-2H3,(H,21,24). The fourth-order valence-corrected chi connectivity index (χ4v) is 2.30. The number of hydrogen-bond acceptors (Lipinski definition) is 5. The highest BCUT2D eigenvalue weighted by Crippen LogP contribution is 2.36. The van der Waals surface area contributed by atoms with Gasteiger partial charge in [-0.2, -0.15) is 13.2 Å². The van der Waals surface area contributed by atoms with Crippen molar-refractivity contribution in [2.45, 2.75) is 19.1 Å². The molecule has 7 nitrogen and oxygen atoms in total. The van der Waals surface area contributed by atoms with Crippen LogP contribution in [0.25, 0.3) is 11.1 Å². The number of alkyl halides is 3. The number of carbonyl (C=O) groups is 1. The van der Waals surface area contributed by atoms with Crippen molar-refractivity contribution in [3.05, 3.63) is 46.6 Å². The van der Waals surface area contributed by atoms with Gasteiger partial charge in [0.05, 0.1) is 17.5 Å². The Morgan fingerprint density at radius 2 is 2.04 bits per heavy atom. The predicted molar refractivity (Wildman–Crippen MR) is 90.1 cm³/mol. The van der Waals surface area contributed by atoms with Crippen molar-refractivity contribution in [1.82, 2.24) is 14.9 Å². The van der Waals surface area contributed by atoms with Gasteiger partial charge in [-0.25, -0.2) is 4.98 Å². The second kappa shape index (κ2) is 8.67. The van der Waals surface area contributed by atoms with Crippen molar-refractivity contribution in [1.29, 1.82) is 0 Å². The summed E-state index contributed by atoms with van der Waals surface area (Å²) in [7, 11) is 2.80. The van der Waals surface area contributed by atoms with Crippen molar-refractivity contribution in [2.75, 3.05) is 21.0 Å². The molecule has 0 aliphatic heterocycles. The van der Waals surface area contributed by atoms with E-state index in [0.717, 1.165) is 18.2 Å². The van der Waals surface area contributed by atoms with Gasteiger partial charge in [0.15, 0.2) is 6.79 Å². The molecule has 0 bridgehead atoms. The first-order chi connectivity index (χ1) is 12.8. The van der Waals surface area contributed by atoms with Gasteiger partial charge in [-0.15, -0.1) is 0 Å². The summed E-state index contributed by atoms with van der Waals surface area (Å²) in [5.74, 6) is -0.416. The van der Waals surface area contributed by atoms with Crippen molar-refractivity contribution in [2.24, 2.45) is 0 Å². The molecule has 1 N–H and O–H groups in total. The SMILES string of the molecule is CNC(=O)CCn1cncc(-c2ccc(C(F)(F)F)cc2OCOC)c1=O. The Morgan fingerprint density at radius 1 is 1.30 bits per heavy atom. The average Bonchev–Trinajstić information content (AvgIpc) is 2.64. The number of benzene rings is 1. The Labute approximate surface area is 152 Å². The zero-order valence-electron chi connectivity index (χ0n) is 14.7. The number of carbonyl (C=O) groups excluding carboxylic acids is 1. The highest BCUT2D eigenvalue weighted by Gasteiger charge is 2.31. The van der Waals surface area contributed by atoms with Gasteiger partial charge in [0.1, 0.15) is 5.75 Å². The monoisotopic (exact) mass is 385 g/mol. The minimum atomic E-state index is -4.56. The molecule has 0 radical (unpaired) electrons. The Kier molecular flexibility index (Phi) is 6.56. The van der Waals surface area contributed by atoms with Crippen molar-refractivity contribution >= 4 is 5.91 Å². The largest absolute Gasteiger partial charge is 0.467 e. The topological polar surface area (TPSA) is 82.5 Å². The van der Waals surface area contributed by atoms with Crippen molar-refractivity contribution < 1.29 is 27.4 Å². The van der Waals surface area contributed by atoms with Crippen LogP contribution in [0.3, 0.4) is 0 Å². The molecule has 0 aliphatic carbocycles. The summed E-state index contributed by atoms with van der Waals surface area (Å²) in [6.07, 6.45) is -2.01. The van der Waals surface area contributed by atoms with Gasteiger partial charge < -0.3 is 14.8 Å². The van der Waals surface area contributed by atoms with E-state index in [-0.39, 0.29) is 42.5 Å². The number of aromatic nitrogens is 2. The lowest BCUT2D eigenvalue weighted by atomic mass is 10.0. The third-order valence-electron chi connectivity index (χ3n) is 3.69. The van der Waals surface area contributed by atoms with Crippen molar-refractivity contribution in [3.8, 4) is 16.9 Å². The first-order valence-electron chi connectivity index (χ1n) is 7.86. The van der Waals surface area contributed by atoms with Crippen LogP contribution in [0.4, 0.5) is 13.2 Å². The van der Waals surface area contributed by atoms with E-state index in [0.29, 0.717) is 0 Å². The zero-order valence-corrected chi connectivity index (χ0v) is 14.7. The molecule has 1 aromatic heterocycles. The molecular formula is C17H18F3N3O4. The lowest BCUT2D eigenvalue weighted by molar-refractivity contribution is -0.137. The molecule has 1 amide bonds. The third-order valence-corrected chi connectivity index (χ3v) is 3.69. The predicted octanol–water partition coefficient (Wildman–Crippen LogP) is 2.05. The average molecular weight is 385 g/mol. The second-order valence-corrected chi connectivity index (χ2v) is 5.49. The number of nitrogens with one attached hydrogen (secondary N) is 1. The molecule has 0 unspecified atom stereocenters. The van der Waals surface area contributed by atoms with Gasteiger partial charge in [0, 0.05) is 38.9 Å². The number of rotatable bonds is 7. The van der Waals surface area contributed by atoms with E-state index in [1.165, 1.54) is 31.2 Å². The third kappa shape index (κ3) is 5.07. The van der Waals surface area contributed by atoms with E-state index in [2.05, 4.69) is 10.3 Å². The Bertz CT molecular complexity index is 865. The number of methoxy groups -OCH3 is 1. The van der Waals surface area contributed by atoms with E-state index >= 15 is 0 Å². The van der Waals surface area contributed by atoms with Crippen LogP contribution in [0.15, 0.2) is 35.5 Å². The van der Waals surface area contributed by atoms with E-state index in [1.54, 1.807) is 0 Å². The Balaban J connectivity index is 2.47. The minimum Gasteiger partial charge on any atom is -0.467 e. The maximum absolute atomic E-state index is 13.0. The van der Waals surface area contributed by atoms with Crippen molar-refractivity contribution in [3.63, 3.8) is 0 Å². The summed E-state index contributed by atoms with van der Waals surface area (Å²) >= 11 is 0. The van der Waals surface area contributed by atoms with Crippen LogP contribution in [-0.4, -0.2) is 36.4 Å². The van der Waals surface area contributed by atoms with Gasteiger partial charge in [-0.3, -0.25) is 14.2 Å². The molecule has 1 heterocycles. The number of halogens is 3. The lowest BCUT2D eigenvalue weighted by Gasteiger charge is -2.14. The maximum atomic E-state index is 13.0. The molecule has 1 aromatic carbocycles. The van der Waals surface area contributed by atoms with Crippen LogP contribution >= 0.6 is 0 Å². The second-order valence-electron chi connectivity index (χ2n) is 5.49. The molecular weight excluding hydrogens is 367 g/mol. The minimum absolute atomic E-state index is 0.0502. The van der Waals surface area contributed by atoms with E-state index in [4.69, 9.17) is 9.47 Å². The van der Waals surface area contributed by atoms with Crippen LogP contribution in [0.1, 0.15) is 12.0 Å². The molecule has 0 saturated carbocycles. The van der Waals surface area contributed by atoms with Gasteiger partial charge in [0.2, 0.25) is 5.91 Å². The van der Waals surface area contributed by atoms with Crippen LogP contribution in [0.5, 0.6) is 5.75 Å². The summed E-state index contributed by atoms with van der Waals surface area (Å²) in [4.78, 5) is 28.0. The molecule has 0 atom stereocenters. The van der Waals surface area contributed by atoms with Crippen LogP contribution < -0.4 is 15.6 Å². The summed E-state index contributed by atoms with van der Waals surface area (Å²) < 4.78 is 50.1. The molecule has 0 spiro atoms. The van der Waals surface area contributed by atoms with E-state index in [1.807, 2.05) is 0 Å². The molecule has 10 heteroatoms. The Hall–Kier alpha value is -2.88. The lowest BCUT2D eigenvalue weighted by Crippen LogP contribution is -2.26.